The highest BCUT2D eigenvalue weighted by Crippen LogP contribution is 2.28. The molecule has 3 heteroatoms. The summed E-state index contributed by atoms with van der Waals surface area (Å²) in [5.74, 6) is 0.306. The van der Waals surface area contributed by atoms with Crippen molar-refractivity contribution in [3.63, 3.8) is 0 Å². The van der Waals surface area contributed by atoms with Crippen LogP contribution < -0.4 is 5.32 Å². The van der Waals surface area contributed by atoms with Crippen molar-refractivity contribution in [1.29, 1.82) is 0 Å². The fourth-order valence-corrected chi connectivity index (χ4v) is 1.36. The van der Waals surface area contributed by atoms with Crippen LogP contribution in [0.1, 0.15) is 11.1 Å². The maximum absolute atomic E-state index is 9.43. The van der Waals surface area contributed by atoms with Gasteiger partial charge in [0.25, 0.3) is 0 Å². The highest BCUT2D eigenvalue weighted by atomic mass is 79.9. The first kappa shape index (κ1) is 9.55. The van der Waals surface area contributed by atoms with Gasteiger partial charge in [0.15, 0.2) is 0 Å². The molecule has 0 radical (unpaired) electrons. The van der Waals surface area contributed by atoms with Crippen molar-refractivity contribution in [2.45, 2.75) is 13.5 Å². The van der Waals surface area contributed by atoms with Gasteiger partial charge in [0, 0.05) is 6.54 Å². The smallest absolute Gasteiger partial charge is 0.130 e. The number of halogens is 1. The van der Waals surface area contributed by atoms with Crippen LogP contribution in [-0.2, 0) is 6.54 Å². The lowest BCUT2D eigenvalue weighted by molar-refractivity contribution is 0.470. The van der Waals surface area contributed by atoms with Gasteiger partial charge in [-0.25, -0.2) is 0 Å². The summed E-state index contributed by atoms with van der Waals surface area (Å²) in [6.45, 7) is 2.74. The van der Waals surface area contributed by atoms with Gasteiger partial charge in [-0.1, -0.05) is 6.07 Å². The molecule has 0 aliphatic carbocycles. The van der Waals surface area contributed by atoms with E-state index < -0.39 is 0 Å². The van der Waals surface area contributed by atoms with Crippen LogP contribution in [0.2, 0.25) is 0 Å². The molecule has 0 atom stereocenters. The van der Waals surface area contributed by atoms with Crippen molar-refractivity contribution in [1.82, 2.24) is 5.32 Å². The number of benzene rings is 1. The lowest BCUT2D eigenvalue weighted by Gasteiger charge is -2.05. The molecular weight excluding hydrogens is 218 g/mol. The molecule has 0 aromatic heterocycles. The van der Waals surface area contributed by atoms with Crippen molar-refractivity contribution in [3.8, 4) is 5.75 Å². The molecule has 12 heavy (non-hydrogen) atoms. The SMILES string of the molecule is CNCc1cc(C)c(Br)c(O)c1. The average Bonchev–Trinajstić information content (AvgIpc) is 2.01. The summed E-state index contributed by atoms with van der Waals surface area (Å²) in [6.07, 6.45) is 0. The maximum atomic E-state index is 9.43. The second-order valence-corrected chi connectivity index (χ2v) is 3.57. The van der Waals surface area contributed by atoms with Crippen molar-refractivity contribution >= 4 is 15.9 Å². The number of aryl methyl sites for hydroxylation is 1. The summed E-state index contributed by atoms with van der Waals surface area (Å²) < 4.78 is 0.780. The van der Waals surface area contributed by atoms with Crippen LogP contribution in [0.5, 0.6) is 5.75 Å². The van der Waals surface area contributed by atoms with Crippen LogP contribution in [0.15, 0.2) is 16.6 Å². The number of aromatic hydroxyl groups is 1. The van der Waals surface area contributed by atoms with E-state index in [0.717, 1.165) is 22.1 Å². The molecule has 1 rings (SSSR count). The Hall–Kier alpha value is -0.540. The molecule has 0 heterocycles. The van der Waals surface area contributed by atoms with Gasteiger partial charge in [-0.15, -0.1) is 0 Å². The topological polar surface area (TPSA) is 32.3 Å². The number of hydrogen-bond acceptors (Lipinski definition) is 2. The first-order valence-corrected chi connectivity index (χ1v) is 4.57. The minimum atomic E-state index is 0.306. The average molecular weight is 230 g/mol. The Morgan fingerprint density at radius 2 is 2.17 bits per heavy atom. The van der Waals surface area contributed by atoms with Crippen molar-refractivity contribution < 1.29 is 5.11 Å². The number of phenols is 1. The molecule has 0 spiro atoms. The van der Waals surface area contributed by atoms with Gasteiger partial charge in [0.1, 0.15) is 5.75 Å². The van der Waals surface area contributed by atoms with Gasteiger partial charge in [0.05, 0.1) is 4.47 Å². The zero-order valence-electron chi connectivity index (χ0n) is 7.19. The maximum Gasteiger partial charge on any atom is 0.130 e. The standard InChI is InChI=1S/C9H12BrNO/c1-6-3-7(5-11-2)4-8(12)9(6)10/h3-4,11-12H,5H2,1-2H3. The fourth-order valence-electron chi connectivity index (χ4n) is 1.13. The van der Waals surface area contributed by atoms with Gasteiger partial charge in [-0.05, 0) is 47.1 Å². The van der Waals surface area contributed by atoms with Gasteiger partial charge < -0.3 is 10.4 Å². The summed E-state index contributed by atoms with van der Waals surface area (Å²) in [5.41, 5.74) is 2.15. The quantitative estimate of drug-likeness (QED) is 0.816. The molecule has 0 aliphatic heterocycles. The summed E-state index contributed by atoms with van der Waals surface area (Å²) in [7, 11) is 1.88. The Morgan fingerprint density at radius 3 is 2.67 bits per heavy atom. The second-order valence-electron chi connectivity index (χ2n) is 2.78. The Bertz CT molecular complexity index is 263. The highest BCUT2D eigenvalue weighted by molar-refractivity contribution is 9.10. The summed E-state index contributed by atoms with van der Waals surface area (Å²) in [5, 5.41) is 12.5. The van der Waals surface area contributed by atoms with Crippen LogP contribution in [0.25, 0.3) is 0 Å². The van der Waals surface area contributed by atoms with E-state index in [9.17, 15) is 5.11 Å². The molecule has 1 aromatic rings. The molecule has 0 aliphatic rings. The van der Waals surface area contributed by atoms with Crippen molar-refractivity contribution in [2.24, 2.45) is 0 Å². The third-order valence-electron chi connectivity index (χ3n) is 1.68. The lowest BCUT2D eigenvalue weighted by Crippen LogP contribution is -2.05. The van der Waals surface area contributed by atoms with Crippen LogP contribution in [-0.4, -0.2) is 12.2 Å². The van der Waals surface area contributed by atoms with Crippen molar-refractivity contribution in [3.05, 3.63) is 27.7 Å². The van der Waals surface area contributed by atoms with E-state index in [0.29, 0.717) is 5.75 Å². The van der Waals surface area contributed by atoms with E-state index in [1.807, 2.05) is 20.0 Å². The van der Waals surface area contributed by atoms with E-state index in [4.69, 9.17) is 0 Å². The third-order valence-corrected chi connectivity index (χ3v) is 2.71. The van der Waals surface area contributed by atoms with Gasteiger partial charge >= 0.3 is 0 Å². The Labute approximate surface area is 80.7 Å². The molecular formula is C9H12BrNO. The predicted molar refractivity (Wildman–Crippen MR) is 53.3 cm³/mol. The molecule has 0 saturated heterocycles. The Balaban J connectivity index is 3.04. The Kier molecular flexibility index (Phi) is 3.12. The minimum absolute atomic E-state index is 0.306. The predicted octanol–water partition coefficient (Wildman–Crippen LogP) is 2.18. The Morgan fingerprint density at radius 1 is 1.50 bits per heavy atom. The van der Waals surface area contributed by atoms with E-state index in [1.54, 1.807) is 6.07 Å². The minimum Gasteiger partial charge on any atom is -0.507 e. The second kappa shape index (κ2) is 3.92. The molecule has 0 unspecified atom stereocenters. The fraction of sp³-hybridized carbons (Fsp3) is 0.333. The zero-order valence-corrected chi connectivity index (χ0v) is 8.77. The highest BCUT2D eigenvalue weighted by Gasteiger charge is 2.03. The van der Waals surface area contributed by atoms with E-state index in [-0.39, 0.29) is 0 Å². The molecule has 0 bridgehead atoms. The van der Waals surface area contributed by atoms with Gasteiger partial charge in [-0.3, -0.25) is 0 Å². The van der Waals surface area contributed by atoms with Crippen LogP contribution in [0, 0.1) is 6.92 Å². The first-order chi connectivity index (χ1) is 5.65. The monoisotopic (exact) mass is 229 g/mol. The van der Waals surface area contributed by atoms with E-state index >= 15 is 0 Å². The lowest BCUT2D eigenvalue weighted by atomic mass is 10.1. The van der Waals surface area contributed by atoms with Crippen molar-refractivity contribution in [2.75, 3.05) is 7.05 Å². The summed E-state index contributed by atoms with van der Waals surface area (Å²) in [4.78, 5) is 0. The molecule has 0 fully saturated rings. The van der Waals surface area contributed by atoms with E-state index in [1.165, 1.54) is 0 Å². The molecule has 66 valence electrons. The third kappa shape index (κ3) is 1.99. The molecule has 2 N–H and O–H groups in total. The van der Waals surface area contributed by atoms with Crippen LogP contribution >= 0.6 is 15.9 Å². The van der Waals surface area contributed by atoms with Gasteiger partial charge in [-0.2, -0.15) is 0 Å². The molecule has 0 saturated carbocycles. The number of hydrogen-bond donors (Lipinski definition) is 2. The number of rotatable bonds is 2. The summed E-state index contributed by atoms with van der Waals surface area (Å²) in [6, 6.07) is 3.80. The molecule has 0 amide bonds. The van der Waals surface area contributed by atoms with Gasteiger partial charge in [0.2, 0.25) is 0 Å². The summed E-state index contributed by atoms with van der Waals surface area (Å²) >= 11 is 3.29. The van der Waals surface area contributed by atoms with Crippen LogP contribution in [0.4, 0.5) is 0 Å². The molecule has 1 aromatic carbocycles. The largest absolute Gasteiger partial charge is 0.507 e. The molecule has 2 nitrogen and oxygen atoms in total. The number of nitrogens with one attached hydrogen (secondary N) is 1. The van der Waals surface area contributed by atoms with E-state index in [2.05, 4.69) is 21.2 Å². The zero-order chi connectivity index (χ0) is 9.14. The van der Waals surface area contributed by atoms with Crippen LogP contribution in [0.3, 0.4) is 0 Å². The first-order valence-electron chi connectivity index (χ1n) is 3.77. The normalized spacial score (nSPS) is 10.2. The number of phenolic OH excluding ortho intramolecular Hbond substituents is 1.